The summed E-state index contributed by atoms with van der Waals surface area (Å²) in [5.41, 5.74) is 4.02. The molecule has 6 heteroatoms. The molecule has 29 heavy (non-hydrogen) atoms. The van der Waals surface area contributed by atoms with Crippen molar-refractivity contribution in [3.8, 4) is 11.5 Å². The summed E-state index contributed by atoms with van der Waals surface area (Å²) >= 11 is 3.48. The van der Waals surface area contributed by atoms with Gasteiger partial charge in [0.15, 0.2) is 18.1 Å². The lowest BCUT2D eigenvalue weighted by Crippen LogP contribution is -2.20. The minimum atomic E-state index is -0.227. The average molecular weight is 455 g/mol. The Morgan fingerprint density at radius 3 is 2.52 bits per heavy atom. The molecule has 0 aliphatic carbocycles. The summed E-state index contributed by atoms with van der Waals surface area (Å²) in [5.74, 6) is 0.887. The van der Waals surface area contributed by atoms with Crippen LogP contribution in [0.3, 0.4) is 0 Å². The van der Waals surface area contributed by atoms with Gasteiger partial charge in [0, 0.05) is 22.4 Å². The molecule has 0 aliphatic rings. The molecule has 0 bridgehead atoms. The average Bonchev–Trinajstić information content (AvgIpc) is 2.72. The number of para-hydroxylation sites is 1. The van der Waals surface area contributed by atoms with E-state index in [1.165, 1.54) is 0 Å². The third kappa shape index (κ3) is 5.99. The highest BCUT2D eigenvalue weighted by Gasteiger charge is 2.09. The van der Waals surface area contributed by atoms with Crippen molar-refractivity contribution in [2.75, 3.05) is 24.4 Å². The molecule has 2 N–H and O–H groups in total. The first kappa shape index (κ1) is 20.7. The molecule has 1 amide bonds. The Morgan fingerprint density at radius 2 is 1.79 bits per heavy atom. The Morgan fingerprint density at radius 1 is 1.00 bits per heavy atom. The second kappa shape index (κ2) is 9.98. The highest BCUT2D eigenvalue weighted by Crippen LogP contribution is 2.29. The van der Waals surface area contributed by atoms with Crippen LogP contribution in [0.2, 0.25) is 0 Å². The number of rotatable bonds is 8. The van der Waals surface area contributed by atoms with Gasteiger partial charge in [-0.3, -0.25) is 4.79 Å². The lowest BCUT2D eigenvalue weighted by molar-refractivity contribution is -0.118. The Balaban J connectivity index is 1.58. The molecular formula is C23H23BrN2O3. The van der Waals surface area contributed by atoms with Gasteiger partial charge in [-0.25, -0.2) is 0 Å². The molecule has 0 aromatic heterocycles. The standard InChI is InChI=1S/C23H23BrN2O3/c1-16-12-18(24)9-10-20(16)25-14-17-8-11-21(22(13-17)28-2)29-15-23(27)26-19-6-4-3-5-7-19/h3-13,25H,14-15H2,1-2H3,(H,26,27). The van der Waals surface area contributed by atoms with Crippen molar-refractivity contribution in [3.63, 3.8) is 0 Å². The zero-order chi connectivity index (χ0) is 20.6. The minimum Gasteiger partial charge on any atom is -0.493 e. The maximum atomic E-state index is 12.1. The fraction of sp³-hybridized carbons (Fsp3) is 0.174. The summed E-state index contributed by atoms with van der Waals surface area (Å²) in [6.07, 6.45) is 0. The van der Waals surface area contributed by atoms with Crippen LogP contribution in [-0.2, 0) is 11.3 Å². The first-order chi connectivity index (χ1) is 14.0. The number of halogens is 1. The molecule has 0 saturated carbocycles. The summed E-state index contributed by atoms with van der Waals surface area (Å²) < 4.78 is 12.1. The van der Waals surface area contributed by atoms with E-state index in [9.17, 15) is 4.79 Å². The number of aryl methyl sites for hydroxylation is 1. The van der Waals surface area contributed by atoms with Crippen molar-refractivity contribution in [1.82, 2.24) is 0 Å². The molecule has 3 aromatic carbocycles. The van der Waals surface area contributed by atoms with Crippen molar-refractivity contribution in [2.45, 2.75) is 13.5 Å². The van der Waals surface area contributed by atoms with Crippen LogP contribution in [0.15, 0.2) is 71.2 Å². The highest BCUT2D eigenvalue weighted by molar-refractivity contribution is 9.10. The molecule has 0 unspecified atom stereocenters. The lowest BCUT2D eigenvalue weighted by Gasteiger charge is -2.14. The quantitative estimate of drug-likeness (QED) is 0.478. The summed E-state index contributed by atoms with van der Waals surface area (Å²) in [7, 11) is 1.59. The number of methoxy groups -OCH3 is 1. The van der Waals surface area contributed by atoms with Crippen molar-refractivity contribution in [2.24, 2.45) is 0 Å². The van der Waals surface area contributed by atoms with Crippen LogP contribution in [0.5, 0.6) is 11.5 Å². The molecule has 3 aromatic rings. The lowest BCUT2D eigenvalue weighted by atomic mass is 10.1. The van der Waals surface area contributed by atoms with Crippen LogP contribution < -0.4 is 20.1 Å². The second-order valence-corrected chi connectivity index (χ2v) is 7.42. The normalized spacial score (nSPS) is 10.3. The molecule has 0 fully saturated rings. The molecule has 0 heterocycles. The van der Waals surface area contributed by atoms with E-state index in [4.69, 9.17) is 9.47 Å². The molecule has 0 spiro atoms. The Hall–Kier alpha value is -2.99. The van der Waals surface area contributed by atoms with E-state index >= 15 is 0 Å². The van der Waals surface area contributed by atoms with Crippen LogP contribution in [0.1, 0.15) is 11.1 Å². The predicted molar refractivity (Wildman–Crippen MR) is 120 cm³/mol. The Bertz CT molecular complexity index is 977. The summed E-state index contributed by atoms with van der Waals surface area (Å²) in [6.45, 7) is 2.61. The first-order valence-electron chi connectivity index (χ1n) is 9.20. The van der Waals surface area contributed by atoms with Crippen LogP contribution in [-0.4, -0.2) is 19.6 Å². The maximum absolute atomic E-state index is 12.1. The summed E-state index contributed by atoms with van der Waals surface area (Å²) in [5, 5.41) is 6.21. The Kier molecular flexibility index (Phi) is 7.14. The van der Waals surface area contributed by atoms with E-state index in [0.29, 0.717) is 18.0 Å². The highest BCUT2D eigenvalue weighted by atomic mass is 79.9. The fourth-order valence-corrected chi connectivity index (χ4v) is 3.30. The number of amides is 1. The van der Waals surface area contributed by atoms with Gasteiger partial charge in [-0.05, 0) is 60.5 Å². The first-order valence-corrected chi connectivity index (χ1v) is 9.99. The zero-order valence-electron chi connectivity index (χ0n) is 16.4. The topological polar surface area (TPSA) is 59.6 Å². The number of carbonyl (C=O) groups excluding carboxylic acids is 1. The fourth-order valence-electron chi connectivity index (χ4n) is 2.83. The van der Waals surface area contributed by atoms with Crippen LogP contribution >= 0.6 is 15.9 Å². The second-order valence-electron chi connectivity index (χ2n) is 6.50. The SMILES string of the molecule is COc1cc(CNc2ccc(Br)cc2C)ccc1OCC(=O)Nc1ccccc1. The molecular weight excluding hydrogens is 432 g/mol. The van der Waals surface area contributed by atoms with Gasteiger partial charge in [0.05, 0.1) is 7.11 Å². The number of nitrogens with one attached hydrogen (secondary N) is 2. The number of ether oxygens (including phenoxy) is 2. The van der Waals surface area contributed by atoms with Gasteiger partial charge >= 0.3 is 0 Å². The summed E-state index contributed by atoms with van der Waals surface area (Å²) in [6, 6.07) is 21.1. The molecule has 150 valence electrons. The smallest absolute Gasteiger partial charge is 0.262 e. The van der Waals surface area contributed by atoms with Crippen LogP contribution in [0.25, 0.3) is 0 Å². The van der Waals surface area contributed by atoms with Crippen molar-refractivity contribution >= 4 is 33.2 Å². The van der Waals surface area contributed by atoms with E-state index in [1.807, 2.05) is 60.7 Å². The van der Waals surface area contributed by atoms with Gasteiger partial charge in [-0.1, -0.05) is 40.2 Å². The van der Waals surface area contributed by atoms with Gasteiger partial charge in [-0.15, -0.1) is 0 Å². The number of hydrogen-bond acceptors (Lipinski definition) is 4. The minimum absolute atomic E-state index is 0.0963. The van der Waals surface area contributed by atoms with Gasteiger partial charge < -0.3 is 20.1 Å². The van der Waals surface area contributed by atoms with E-state index in [2.05, 4.69) is 39.6 Å². The van der Waals surface area contributed by atoms with Crippen molar-refractivity contribution in [3.05, 3.63) is 82.3 Å². The number of carbonyl (C=O) groups is 1. The van der Waals surface area contributed by atoms with E-state index in [0.717, 1.165) is 27.0 Å². The molecule has 3 rings (SSSR count). The number of benzene rings is 3. The Labute approximate surface area is 179 Å². The van der Waals surface area contributed by atoms with Gasteiger partial charge in [-0.2, -0.15) is 0 Å². The van der Waals surface area contributed by atoms with Gasteiger partial charge in [0.25, 0.3) is 5.91 Å². The third-order valence-electron chi connectivity index (χ3n) is 4.32. The van der Waals surface area contributed by atoms with Crippen molar-refractivity contribution < 1.29 is 14.3 Å². The zero-order valence-corrected chi connectivity index (χ0v) is 18.0. The largest absolute Gasteiger partial charge is 0.493 e. The van der Waals surface area contributed by atoms with E-state index in [-0.39, 0.29) is 12.5 Å². The van der Waals surface area contributed by atoms with Crippen LogP contribution in [0.4, 0.5) is 11.4 Å². The third-order valence-corrected chi connectivity index (χ3v) is 4.81. The van der Waals surface area contributed by atoms with Crippen molar-refractivity contribution in [1.29, 1.82) is 0 Å². The summed E-state index contributed by atoms with van der Waals surface area (Å²) in [4.78, 5) is 12.1. The molecule has 0 radical (unpaired) electrons. The number of hydrogen-bond donors (Lipinski definition) is 2. The number of anilines is 2. The molecule has 0 aliphatic heterocycles. The van der Waals surface area contributed by atoms with Gasteiger partial charge in [0.2, 0.25) is 0 Å². The van der Waals surface area contributed by atoms with E-state index in [1.54, 1.807) is 7.11 Å². The monoisotopic (exact) mass is 454 g/mol. The predicted octanol–water partition coefficient (Wildman–Crippen LogP) is 5.40. The van der Waals surface area contributed by atoms with Crippen LogP contribution in [0, 0.1) is 6.92 Å². The molecule has 0 saturated heterocycles. The maximum Gasteiger partial charge on any atom is 0.262 e. The molecule has 5 nitrogen and oxygen atoms in total. The van der Waals surface area contributed by atoms with Gasteiger partial charge in [0.1, 0.15) is 0 Å². The molecule has 0 atom stereocenters. The van der Waals surface area contributed by atoms with E-state index < -0.39 is 0 Å².